The smallest absolute Gasteiger partial charge is 0.0669 e. The summed E-state index contributed by atoms with van der Waals surface area (Å²) < 4.78 is 4.90. The van der Waals surface area contributed by atoms with Crippen LogP contribution in [0.15, 0.2) is 0 Å². The lowest BCUT2D eigenvalue weighted by Crippen LogP contribution is -2.56. The van der Waals surface area contributed by atoms with Gasteiger partial charge in [0.15, 0.2) is 0 Å². The van der Waals surface area contributed by atoms with Crippen molar-refractivity contribution in [2.24, 2.45) is 5.73 Å². The number of nitrogens with two attached hydrogens (primary N) is 1. The Morgan fingerprint density at radius 1 is 1.44 bits per heavy atom. The second-order valence-corrected chi connectivity index (χ2v) is 2.21. The quantitative estimate of drug-likeness (QED) is 0.579. The summed E-state index contributed by atoms with van der Waals surface area (Å²) in [4.78, 5) is 0. The summed E-state index contributed by atoms with van der Waals surface area (Å²) in [5.74, 6) is 0. The highest BCUT2D eigenvalue weighted by Crippen LogP contribution is 2.15. The average Bonchev–Trinajstić information content (AvgIpc) is 1.88. The maximum atomic E-state index is 5.68. The van der Waals surface area contributed by atoms with E-state index in [-0.39, 0.29) is 5.54 Å². The summed E-state index contributed by atoms with van der Waals surface area (Å²) in [5.41, 5.74) is 5.72. The molecule has 0 aromatic rings. The van der Waals surface area contributed by atoms with E-state index in [0.29, 0.717) is 0 Å². The molecule has 1 heterocycles. The highest BCUT2D eigenvalue weighted by atomic mass is 16.5. The van der Waals surface area contributed by atoms with Crippen molar-refractivity contribution in [1.29, 1.82) is 0 Å². The van der Waals surface area contributed by atoms with Gasteiger partial charge in [-0.3, -0.25) is 0 Å². The zero-order valence-electron chi connectivity index (χ0n) is 6.61. The summed E-state index contributed by atoms with van der Waals surface area (Å²) in [6, 6.07) is 0. The van der Waals surface area contributed by atoms with Crippen molar-refractivity contribution in [3.05, 3.63) is 0 Å². The van der Waals surface area contributed by atoms with Crippen molar-refractivity contribution in [3.8, 4) is 0 Å². The standard InChI is InChI=1S/C5H11NO.C2H6/c1-2-5(6)3-7-4-5;1-2/h2-4,6H2,1H3;1-2H3. The van der Waals surface area contributed by atoms with E-state index in [4.69, 9.17) is 10.5 Å². The van der Waals surface area contributed by atoms with Crippen LogP contribution in [0.25, 0.3) is 0 Å². The fraction of sp³-hybridized carbons (Fsp3) is 1.00. The Labute approximate surface area is 57.4 Å². The van der Waals surface area contributed by atoms with Crippen LogP contribution in [0.4, 0.5) is 0 Å². The van der Waals surface area contributed by atoms with E-state index in [1.165, 1.54) is 0 Å². The van der Waals surface area contributed by atoms with Gasteiger partial charge in [0.25, 0.3) is 0 Å². The van der Waals surface area contributed by atoms with Gasteiger partial charge in [-0.05, 0) is 6.42 Å². The number of rotatable bonds is 1. The Morgan fingerprint density at radius 3 is 1.89 bits per heavy atom. The Balaban J connectivity index is 0.000000291. The second-order valence-electron chi connectivity index (χ2n) is 2.21. The first-order chi connectivity index (χ1) is 4.27. The normalized spacial score (nSPS) is 21.3. The van der Waals surface area contributed by atoms with E-state index >= 15 is 0 Å². The molecule has 2 N–H and O–H groups in total. The fourth-order valence-electron chi connectivity index (χ4n) is 0.568. The van der Waals surface area contributed by atoms with Gasteiger partial charge in [-0.1, -0.05) is 20.8 Å². The average molecular weight is 131 g/mol. The molecule has 1 saturated heterocycles. The summed E-state index contributed by atoms with van der Waals surface area (Å²) in [7, 11) is 0. The molecule has 2 nitrogen and oxygen atoms in total. The predicted molar refractivity (Wildman–Crippen MR) is 39.4 cm³/mol. The van der Waals surface area contributed by atoms with Gasteiger partial charge in [-0.15, -0.1) is 0 Å². The molecule has 9 heavy (non-hydrogen) atoms. The third-order valence-electron chi connectivity index (χ3n) is 1.48. The lowest BCUT2D eigenvalue weighted by atomic mass is 9.96. The van der Waals surface area contributed by atoms with E-state index in [9.17, 15) is 0 Å². The SMILES string of the molecule is CC.CCC1(N)COC1. The number of ether oxygens (including phenoxy) is 1. The minimum absolute atomic E-state index is 0.0417. The number of hydrogen-bond acceptors (Lipinski definition) is 2. The maximum absolute atomic E-state index is 5.68. The Bertz CT molecular complexity index is 63.8. The first-order valence-electron chi connectivity index (χ1n) is 3.63. The lowest BCUT2D eigenvalue weighted by Gasteiger charge is -2.36. The zero-order valence-corrected chi connectivity index (χ0v) is 6.61. The molecule has 0 aromatic heterocycles. The molecule has 2 heteroatoms. The monoisotopic (exact) mass is 131 g/mol. The van der Waals surface area contributed by atoms with Gasteiger partial charge < -0.3 is 10.5 Å². The highest BCUT2D eigenvalue weighted by Gasteiger charge is 2.31. The van der Waals surface area contributed by atoms with Crippen molar-refractivity contribution >= 4 is 0 Å². The van der Waals surface area contributed by atoms with E-state index in [1.807, 2.05) is 13.8 Å². The Morgan fingerprint density at radius 2 is 1.89 bits per heavy atom. The molecule has 0 unspecified atom stereocenters. The number of hydrogen-bond donors (Lipinski definition) is 1. The molecule has 1 rings (SSSR count). The Hall–Kier alpha value is -0.0800. The molecule has 0 aromatic carbocycles. The van der Waals surface area contributed by atoms with Crippen LogP contribution in [0.1, 0.15) is 27.2 Å². The van der Waals surface area contributed by atoms with Gasteiger partial charge in [0.2, 0.25) is 0 Å². The third kappa shape index (κ3) is 2.33. The van der Waals surface area contributed by atoms with Crippen LogP contribution in [0.3, 0.4) is 0 Å². The molecule has 1 aliphatic heterocycles. The topological polar surface area (TPSA) is 35.2 Å². The Kier molecular flexibility index (Phi) is 3.82. The molecular formula is C7H17NO. The van der Waals surface area contributed by atoms with Crippen molar-refractivity contribution in [1.82, 2.24) is 0 Å². The first-order valence-corrected chi connectivity index (χ1v) is 3.63. The van der Waals surface area contributed by atoms with Gasteiger partial charge in [0.05, 0.1) is 18.8 Å². The van der Waals surface area contributed by atoms with Crippen LogP contribution in [0, 0.1) is 0 Å². The van der Waals surface area contributed by atoms with Crippen LogP contribution in [-0.2, 0) is 4.74 Å². The summed E-state index contributed by atoms with van der Waals surface area (Å²) in [6.45, 7) is 7.59. The molecule has 1 aliphatic rings. The van der Waals surface area contributed by atoms with Gasteiger partial charge in [0, 0.05) is 0 Å². The largest absolute Gasteiger partial charge is 0.377 e. The molecule has 1 fully saturated rings. The van der Waals surface area contributed by atoms with Crippen LogP contribution >= 0.6 is 0 Å². The van der Waals surface area contributed by atoms with Gasteiger partial charge in [-0.2, -0.15) is 0 Å². The minimum Gasteiger partial charge on any atom is -0.377 e. The van der Waals surface area contributed by atoms with E-state index in [1.54, 1.807) is 0 Å². The molecule has 0 atom stereocenters. The molecule has 0 saturated carbocycles. The van der Waals surface area contributed by atoms with Gasteiger partial charge in [0.1, 0.15) is 0 Å². The predicted octanol–water partition coefficient (Wildman–Crippen LogP) is 1.15. The van der Waals surface area contributed by atoms with Crippen LogP contribution < -0.4 is 5.73 Å². The van der Waals surface area contributed by atoms with Crippen molar-refractivity contribution in [2.75, 3.05) is 13.2 Å². The van der Waals surface area contributed by atoms with E-state index in [0.717, 1.165) is 19.6 Å². The first kappa shape index (κ1) is 8.92. The summed E-state index contributed by atoms with van der Waals surface area (Å²) >= 11 is 0. The lowest BCUT2D eigenvalue weighted by molar-refractivity contribution is -0.0549. The molecule has 0 amide bonds. The van der Waals surface area contributed by atoms with E-state index in [2.05, 4.69) is 6.92 Å². The maximum Gasteiger partial charge on any atom is 0.0669 e. The van der Waals surface area contributed by atoms with E-state index < -0.39 is 0 Å². The molecule has 56 valence electrons. The zero-order chi connectivity index (χ0) is 7.33. The minimum atomic E-state index is 0.0417. The van der Waals surface area contributed by atoms with Crippen LogP contribution in [0.5, 0.6) is 0 Å². The fourth-order valence-corrected chi connectivity index (χ4v) is 0.568. The molecule has 0 radical (unpaired) electrons. The van der Waals surface area contributed by atoms with Gasteiger partial charge in [-0.25, -0.2) is 0 Å². The molecule has 0 spiro atoms. The van der Waals surface area contributed by atoms with Crippen molar-refractivity contribution < 1.29 is 4.74 Å². The highest BCUT2D eigenvalue weighted by molar-refractivity contribution is 4.88. The third-order valence-corrected chi connectivity index (χ3v) is 1.48. The second kappa shape index (κ2) is 3.85. The molecular weight excluding hydrogens is 114 g/mol. The summed E-state index contributed by atoms with van der Waals surface area (Å²) in [5, 5.41) is 0. The van der Waals surface area contributed by atoms with Crippen LogP contribution in [-0.4, -0.2) is 18.8 Å². The van der Waals surface area contributed by atoms with Crippen molar-refractivity contribution in [3.63, 3.8) is 0 Å². The van der Waals surface area contributed by atoms with Gasteiger partial charge >= 0.3 is 0 Å². The van der Waals surface area contributed by atoms with Crippen molar-refractivity contribution in [2.45, 2.75) is 32.7 Å². The summed E-state index contributed by atoms with van der Waals surface area (Å²) in [6.07, 6.45) is 1.03. The molecule has 0 aliphatic carbocycles. The van der Waals surface area contributed by atoms with Crippen LogP contribution in [0.2, 0.25) is 0 Å². The molecule has 0 bridgehead atoms.